The molecule has 1 aromatic carbocycles. The summed E-state index contributed by atoms with van der Waals surface area (Å²) >= 11 is 3.47. The first-order valence-electron chi connectivity index (χ1n) is 5.90. The average Bonchev–Trinajstić information content (AvgIpc) is 2.88. The van der Waals surface area contributed by atoms with Crippen LogP contribution in [0.15, 0.2) is 16.6 Å². The van der Waals surface area contributed by atoms with E-state index in [-0.39, 0.29) is 0 Å². The maximum Gasteiger partial charge on any atom is 0.257 e. The van der Waals surface area contributed by atoms with Crippen LogP contribution in [0.5, 0.6) is 0 Å². The molecule has 17 heavy (non-hydrogen) atoms. The van der Waals surface area contributed by atoms with E-state index in [9.17, 15) is 0 Å². The van der Waals surface area contributed by atoms with Crippen LogP contribution in [0.25, 0.3) is 11.0 Å². The summed E-state index contributed by atoms with van der Waals surface area (Å²) in [6, 6.07) is 6.31. The van der Waals surface area contributed by atoms with Gasteiger partial charge in [0, 0.05) is 16.6 Å². The van der Waals surface area contributed by atoms with Crippen molar-refractivity contribution >= 4 is 27.0 Å². The Morgan fingerprint density at radius 2 is 2.35 bits per heavy atom. The monoisotopic (exact) mass is 290 g/mol. The molecule has 0 fully saturated rings. The fourth-order valence-electron chi connectivity index (χ4n) is 2.76. The lowest BCUT2D eigenvalue weighted by Crippen LogP contribution is -2.31. The quantitative estimate of drug-likeness (QED) is 0.743. The molecule has 0 N–H and O–H groups in total. The molecule has 3 nitrogen and oxygen atoms in total. The van der Waals surface area contributed by atoms with Gasteiger partial charge in [0.1, 0.15) is 6.07 Å². The van der Waals surface area contributed by atoms with Crippen molar-refractivity contribution in [1.82, 2.24) is 4.57 Å². The van der Waals surface area contributed by atoms with Crippen molar-refractivity contribution in [3.8, 4) is 6.07 Å². The molecule has 86 valence electrons. The Hall–Kier alpha value is -1.34. The minimum absolute atomic E-state index is 0.716. The summed E-state index contributed by atoms with van der Waals surface area (Å²) in [6.45, 7) is 4.23. The number of aryl methyl sites for hydroxylation is 2. The number of rotatable bonds is 1. The lowest BCUT2D eigenvalue weighted by atomic mass is 10.2. The fraction of sp³-hybridized carbons (Fsp3) is 0.385. The minimum atomic E-state index is 0.716. The van der Waals surface area contributed by atoms with Gasteiger partial charge in [-0.15, -0.1) is 0 Å². The summed E-state index contributed by atoms with van der Waals surface area (Å²) in [7, 11) is 0. The molecule has 0 spiro atoms. The molecule has 0 saturated heterocycles. The highest BCUT2D eigenvalue weighted by Gasteiger charge is 2.28. The van der Waals surface area contributed by atoms with Gasteiger partial charge in [-0.05, 0) is 29.3 Å². The molecule has 1 aliphatic heterocycles. The van der Waals surface area contributed by atoms with Gasteiger partial charge in [-0.2, -0.15) is 5.26 Å². The summed E-state index contributed by atoms with van der Waals surface area (Å²) in [4.78, 5) is 0. The zero-order chi connectivity index (χ0) is 12.0. The summed E-state index contributed by atoms with van der Waals surface area (Å²) in [5.41, 5.74) is 3.14. The van der Waals surface area contributed by atoms with Crippen LogP contribution >= 0.6 is 15.9 Å². The predicted molar refractivity (Wildman–Crippen MR) is 68.5 cm³/mol. The number of imidazole rings is 1. The van der Waals surface area contributed by atoms with Crippen molar-refractivity contribution in [3.63, 3.8) is 0 Å². The fourth-order valence-corrected chi connectivity index (χ4v) is 3.18. The van der Waals surface area contributed by atoms with Crippen molar-refractivity contribution in [1.29, 1.82) is 5.26 Å². The molecule has 1 aliphatic rings. The van der Waals surface area contributed by atoms with Crippen molar-refractivity contribution in [2.24, 2.45) is 0 Å². The van der Waals surface area contributed by atoms with E-state index < -0.39 is 0 Å². The number of halogens is 1. The molecule has 0 unspecified atom stereocenters. The van der Waals surface area contributed by atoms with E-state index in [0.717, 1.165) is 24.0 Å². The van der Waals surface area contributed by atoms with Crippen LogP contribution in [0.4, 0.5) is 0 Å². The van der Waals surface area contributed by atoms with E-state index in [1.54, 1.807) is 0 Å². The van der Waals surface area contributed by atoms with Gasteiger partial charge >= 0.3 is 0 Å². The normalized spacial score (nSPS) is 13.9. The first kappa shape index (κ1) is 10.8. The third-order valence-corrected chi connectivity index (χ3v) is 4.14. The molecule has 0 saturated carbocycles. The molecular weight excluding hydrogens is 278 g/mol. The lowest BCUT2D eigenvalue weighted by Gasteiger charge is -1.97. The molecule has 0 radical (unpaired) electrons. The van der Waals surface area contributed by atoms with Crippen LogP contribution in [0, 0.1) is 11.3 Å². The van der Waals surface area contributed by atoms with Crippen LogP contribution in [0.2, 0.25) is 0 Å². The summed E-state index contributed by atoms with van der Waals surface area (Å²) < 4.78 is 5.60. The molecule has 0 amide bonds. The highest BCUT2D eigenvalue weighted by molar-refractivity contribution is 9.10. The Bertz CT molecular complexity index is 649. The lowest BCUT2D eigenvalue weighted by molar-refractivity contribution is -0.665. The molecule has 1 aromatic heterocycles. The van der Waals surface area contributed by atoms with E-state index in [0.29, 0.717) is 5.56 Å². The highest BCUT2D eigenvalue weighted by Crippen LogP contribution is 2.26. The van der Waals surface area contributed by atoms with E-state index in [2.05, 4.69) is 44.1 Å². The van der Waals surface area contributed by atoms with Gasteiger partial charge in [0.2, 0.25) is 0 Å². The van der Waals surface area contributed by atoms with E-state index in [4.69, 9.17) is 5.26 Å². The van der Waals surface area contributed by atoms with Crippen LogP contribution in [-0.2, 0) is 19.5 Å². The standard InChI is InChI=1S/C13H13BrN3/c1-2-16-12-7-10(14)9(8-15)6-11(12)17-5-3-4-13(16)17/h6-7H,2-5H2,1H3/q+1. The first-order valence-corrected chi connectivity index (χ1v) is 6.70. The Labute approximate surface area is 108 Å². The molecule has 2 heterocycles. The third kappa shape index (κ3) is 1.42. The maximum atomic E-state index is 9.09. The number of hydrogen-bond acceptors (Lipinski definition) is 1. The van der Waals surface area contributed by atoms with Gasteiger partial charge in [-0.1, -0.05) is 0 Å². The van der Waals surface area contributed by atoms with Crippen molar-refractivity contribution in [2.45, 2.75) is 32.9 Å². The zero-order valence-corrected chi connectivity index (χ0v) is 11.3. The molecule has 2 aromatic rings. The van der Waals surface area contributed by atoms with Gasteiger partial charge in [0.15, 0.2) is 11.0 Å². The highest BCUT2D eigenvalue weighted by atomic mass is 79.9. The van der Waals surface area contributed by atoms with Gasteiger partial charge in [-0.3, -0.25) is 0 Å². The van der Waals surface area contributed by atoms with Gasteiger partial charge in [0.25, 0.3) is 5.82 Å². The summed E-state index contributed by atoms with van der Waals surface area (Å²) in [5.74, 6) is 1.39. The summed E-state index contributed by atoms with van der Waals surface area (Å²) in [6.07, 6.45) is 2.35. The van der Waals surface area contributed by atoms with Crippen molar-refractivity contribution in [2.75, 3.05) is 0 Å². The van der Waals surface area contributed by atoms with Crippen LogP contribution in [0.3, 0.4) is 0 Å². The van der Waals surface area contributed by atoms with Crippen LogP contribution < -0.4 is 4.57 Å². The van der Waals surface area contributed by atoms with Crippen LogP contribution in [-0.4, -0.2) is 4.57 Å². The smallest absolute Gasteiger partial charge is 0.227 e. The molecule has 0 atom stereocenters. The molecule has 4 heteroatoms. The molecule has 0 bridgehead atoms. The Morgan fingerprint density at radius 3 is 3.06 bits per heavy atom. The number of nitrogens with zero attached hydrogens (tertiary/aromatic N) is 3. The first-order chi connectivity index (χ1) is 8.26. The van der Waals surface area contributed by atoms with Gasteiger partial charge in [0.05, 0.1) is 25.1 Å². The van der Waals surface area contributed by atoms with Crippen molar-refractivity contribution in [3.05, 3.63) is 28.0 Å². The second kappa shape index (κ2) is 3.85. The Kier molecular flexibility index (Phi) is 2.44. The number of benzene rings is 1. The summed E-state index contributed by atoms with van der Waals surface area (Å²) in [5, 5.41) is 9.09. The SMILES string of the molecule is CCn1c2[n+](c3cc(C#N)c(Br)cc31)CCC2. The number of hydrogen-bond donors (Lipinski definition) is 0. The van der Waals surface area contributed by atoms with Gasteiger partial charge < -0.3 is 0 Å². The largest absolute Gasteiger partial charge is 0.257 e. The Morgan fingerprint density at radius 1 is 1.53 bits per heavy atom. The minimum Gasteiger partial charge on any atom is -0.227 e. The van der Waals surface area contributed by atoms with Crippen molar-refractivity contribution < 1.29 is 4.57 Å². The molecular formula is C13H13BrN3+. The van der Waals surface area contributed by atoms with Gasteiger partial charge in [-0.25, -0.2) is 9.13 Å². The number of fused-ring (bicyclic) bond motifs is 3. The van der Waals surface area contributed by atoms with E-state index in [1.165, 1.54) is 23.3 Å². The van der Waals surface area contributed by atoms with Crippen LogP contribution in [0.1, 0.15) is 24.7 Å². The molecule has 3 rings (SSSR count). The Balaban J connectivity index is 2.42. The average molecular weight is 291 g/mol. The van der Waals surface area contributed by atoms with E-state index >= 15 is 0 Å². The third-order valence-electron chi connectivity index (χ3n) is 3.49. The number of nitriles is 1. The predicted octanol–water partition coefficient (Wildman–Crippen LogP) is 2.53. The maximum absolute atomic E-state index is 9.09. The second-order valence-corrected chi connectivity index (χ2v) is 5.20. The molecule has 0 aliphatic carbocycles. The topological polar surface area (TPSA) is 32.6 Å². The van der Waals surface area contributed by atoms with E-state index in [1.807, 2.05) is 6.07 Å². The zero-order valence-electron chi connectivity index (χ0n) is 9.70. The number of aromatic nitrogens is 2. The second-order valence-electron chi connectivity index (χ2n) is 4.35.